The molecule has 0 saturated carbocycles. The topological polar surface area (TPSA) is 62.5 Å². The Hall–Kier alpha value is -2.22. The number of aromatic nitrogens is 5. The van der Waals surface area contributed by atoms with Gasteiger partial charge in [0.2, 0.25) is 5.13 Å². The largest absolute Gasteiger partial charge is 0.353 e. The summed E-state index contributed by atoms with van der Waals surface area (Å²) in [7, 11) is 0. The number of imidazole rings is 1. The number of hydrogen-bond acceptors (Lipinski definition) is 7. The molecule has 1 saturated heterocycles. The van der Waals surface area contributed by atoms with Crippen molar-refractivity contribution in [2.75, 3.05) is 36.0 Å². The lowest BCUT2D eigenvalue weighted by Crippen LogP contribution is -2.31. The van der Waals surface area contributed by atoms with Gasteiger partial charge in [-0.3, -0.25) is 0 Å². The van der Waals surface area contributed by atoms with Crippen molar-refractivity contribution in [2.24, 2.45) is 0 Å². The minimum Gasteiger partial charge on any atom is -0.353 e. The fourth-order valence-electron chi connectivity index (χ4n) is 3.04. The van der Waals surface area contributed by atoms with Gasteiger partial charge in [0.25, 0.3) is 0 Å². The minimum absolute atomic E-state index is 0.0265. The summed E-state index contributed by atoms with van der Waals surface area (Å²) in [5.41, 5.74) is 3.78. The lowest BCUT2D eigenvalue weighted by molar-refractivity contribution is 0.572. The van der Waals surface area contributed by atoms with Gasteiger partial charge >= 0.3 is 0 Å². The van der Waals surface area contributed by atoms with Crippen molar-refractivity contribution in [3.8, 4) is 0 Å². The Bertz CT molecular complexity index is 850. The molecule has 7 nitrogen and oxygen atoms in total. The van der Waals surface area contributed by atoms with Gasteiger partial charge in [-0.05, 0) is 18.6 Å². The second-order valence-corrected chi connectivity index (χ2v) is 8.23. The average Bonchev–Trinajstić information content (AvgIpc) is 3.19. The predicted molar refractivity (Wildman–Crippen MR) is 101 cm³/mol. The van der Waals surface area contributed by atoms with Crippen LogP contribution in [0.5, 0.6) is 0 Å². The zero-order chi connectivity index (χ0) is 17.4. The van der Waals surface area contributed by atoms with E-state index in [4.69, 9.17) is 10.1 Å². The standard InChI is InChI=1S/C17H23N7S/c1-17(2,3)13-11-24-14(19-13)5-6-15(21-24)22-7-4-8-23(10-9-22)16-20-18-12-25-16/h5-6,11-12H,4,7-10H2,1-3H3. The monoisotopic (exact) mass is 357 g/mol. The molecule has 0 bridgehead atoms. The highest BCUT2D eigenvalue weighted by Crippen LogP contribution is 2.23. The molecular formula is C17H23N7S. The van der Waals surface area contributed by atoms with E-state index in [9.17, 15) is 0 Å². The third kappa shape index (κ3) is 3.30. The fourth-order valence-corrected chi connectivity index (χ4v) is 3.66. The van der Waals surface area contributed by atoms with Gasteiger partial charge in [-0.1, -0.05) is 32.1 Å². The smallest absolute Gasteiger partial charge is 0.208 e. The molecule has 25 heavy (non-hydrogen) atoms. The molecule has 8 heteroatoms. The number of rotatable bonds is 2. The average molecular weight is 357 g/mol. The van der Waals surface area contributed by atoms with Gasteiger partial charge in [0.1, 0.15) is 11.3 Å². The van der Waals surface area contributed by atoms with Gasteiger partial charge in [0.05, 0.1) is 11.9 Å². The number of nitrogens with zero attached hydrogens (tertiary/aromatic N) is 7. The van der Waals surface area contributed by atoms with E-state index in [2.05, 4.69) is 52.9 Å². The van der Waals surface area contributed by atoms with Crippen LogP contribution in [-0.2, 0) is 5.41 Å². The third-order valence-corrected chi connectivity index (χ3v) is 5.26. The molecule has 0 N–H and O–H groups in total. The number of hydrogen-bond donors (Lipinski definition) is 0. The van der Waals surface area contributed by atoms with Crippen LogP contribution in [0.2, 0.25) is 0 Å². The zero-order valence-electron chi connectivity index (χ0n) is 14.9. The Balaban J connectivity index is 1.55. The molecule has 1 fully saturated rings. The van der Waals surface area contributed by atoms with Gasteiger partial charge in [-0.25, -0.2) is 9.50 Å². The quantitative estimate of drug-likeness (QED) is 0.702. The molecule has 4 heterocycles. The summed E-state index contributed by atoms with van der Waals surface area (Å²) < 4.78 is 1.91. The summed E-state index contributed by atoms with van der Waals surface area (Å²) in [5, 5.41) is 14.0. The molecule has 3 aromatic rings. The second-order valence-electron chi connectivity index (χ2n) is 7.42. The molecule has 4 rings (SSSR count). The first-order valence-corrected chi connectivity index (χ1v) is 9.52. The van der Waals surface area contributed by atoms with Gasteiger partial charge < -0.3 is 9.80 Å². The molecule has 0 radical (unpaired) electrons. The zero-order valence-corrected chi connectivity index (χ0v) is 15.7. The number of anilines is 2. The number of fused-ring (bicyclic) bond motifs is 1. The Morgan fingerprint density at radius 1 is 1.04 bits per heavy atom. The van der Waals surface area contributed by atoms with E-state index in [-0.39, 0.29) is 5.41 Å². The molecule has 1 aliphatic rings. The van der Waals surface area contributed by atoms with Crippen molar-refractivity contribution in [1.82, 2.24) is 24.8 Å². The molecule has 3 aromatic heterocycles. The maximum absolute atomic E-state index is 4.80. The van der Waals surface area contributed by atoms with E-state index in [1.165, 1.54) is 0 Å². The van der Waals surface area contributed by atoms with Gasteiger partial charge in [-0.2, -0.15) is 0 Å². The first kappa shape index (κ1) is 16.3. The van der Waals surface area contributed by atoms with E-state index in [1.807, 2.05) is 10.7 Å². The summed E-state index contributed by atoms with van der Waals surface area (Å²) in [5.74, 6) is 1.00. The summed E-state index contributed by atoms with van der Waals surface area (Å²) in [4.78, 5) is 9.35. The Labute approximate surface area is 151 Å². The van der Waals surface area contributed by atoms with E-state index in [1.54, 1.807) is 16.8 Å². The SMILES string of the molecule is CC(C)(C)c1cn2nc(N3CCCN(c4nncs4)CC3)ccc2n1. The van der Waals surface area contributed by atoms with E-state index in [0.29, 0.717) is 0 Å². The Morgan fingerprint density at radius 2 is 1.84 bits per heavy atom. The minimum atomic E-state index is 0.0265. The van der Waals surface area contributed by atoms with Crippen LogP contribution in [0.1, 0.15) is 32.9 Å². The third-order valence-electron chi connectivity index (χ3n) is 4.51. The van der Waals surface area contributed by atoms with Crippen LogP contribution < -0.4 is 9.80 Å². The summed E-state index contributed by atoms with van der Waals surface area (Å²) in [6.45, 7) is 10.4. The van der Waals surface area contributed by atoms with Crippen LogP contribution in [0.25, 0.3) is 5.65 Å². The molecular weight excluding hydrogens is 334 g/mol. The summed E-state index contributed by atoms with van der Waals surface area (Å²) in [6, 6.07) is 4.14. The highest BCUT2D eigenvalue weighted by Gasteiger charge is 2.20. The molecule has 132 valence electrons. The highest BCUT2D eigenvalue weighted by molar-refractivity contribution is 7.13. The molecule has 0 spiro atoms. The second kappa shape index (κ2) is 6.25. The van der Waals surface area contributed by atoms with Crippen molar-refractivity contribution in [3.63, 3.8) is 0 Å². The van der Waals surface area contributed by atoms with Crippen molar-refractivity contribution in [2.45, 2.75) is 32.6 Å². The lowest BCUT2D eigenvalue weighted by Gasteiger charge is -2.22. The molecule has 0 aliphatic carbocycles. The van der Waals surface area contributed by atoms with Crippen LogP contribution in [-0.4, -0.2) is 51.0 Å². The van der Waals surface area contributed by atoms with Crippen LogP contribution in [0.15, 0.2) is 23.8 Å². The van der Waals surface area contributed by atoms with Crippen molar-refractivity contribution in [1.29, 1.82) is 0 Å². The van der Waals surface area contributed by atoms with Crippen LogP contribution >= 0.6 is 11.3 Å². The fraction of sp³-hybridized carbons (Fsp3) is 0.529. The van der Waals surface area contributed by atoms with Gasteiger partial charge in [0, 0.05) is 31.6 Å². The molecule has 1 aliphatic heterocycles. The molecule has 0 amide bonds. The molecule has 0 atom stereocenters. The van der Waals surface area contributed by atoms with Crippen LogP contribution in [0.4, 0.5) is 10.9 Å². The molecule has 0 unspecified atom stereocenters. The lowest BCUT2D eigenvalue weighted by atomic mass is 9.93. The summed E-state index contributed by atoms with van der Waals surface area (Å²) >= 11 is 1.60. The highest BCUT2D eigenvalue weighted by atomic mass is 32.1. The Morgan fingerprint density at radius 3 is 2.60 bits per heavy atom. The maximum Gasteiger partial charge on any atom is 0.208 e. The van der Waals surface area contributed by atoms with Gasteiger partial charge in [-0.15, -0.1) is 15.3 Å². The Kier molecular flexibility index (Phi) is 4.07. The first-order valence-electron chi connectivity index (χ1n) is 8.64. The maximum atomic E-state index is 4.80. The van der Waals surface area contributed by atoms with Crippen molar-refractivity contribution in [3.05, 3.63) is 29.5 Å². The normalized spacial score (nSPS) is 16.4. The predicted octanol–water partition coefficient (Wildman–Crippen LogP) is 2.60. The summed E-state index contributed by atoms with van der Waals surface area (Å²) in [6.07, 6.45) is 3.13. The van der Waals surface area contributed by atoms with E-state index >= 15 is 0 Å². The van der Waals surface area contributed by atoms with Crippen LogP contribution in [0, 0.1) is 0 Å². The molecule has 0 aromatic carbocycles. The first-order chi connectivity index (χ1) is 12.0. The van der Waals surface area contributed by atoms with Crippen molar-refractivity contribution >= 4 is 27.9 Å². The van der Waals surface area contributed by atoms with E-state index in [0.717, 1.165) is 54.9 Å². The van der Waals surface area contributed by atoms with Crippen LogP contribution in [0.3, 0.4) is 0 Å². The van der Waals surface area contributed by atoms with Crippen molar-refractivity contribution < 1.29 is 0 Å². The van der Waals surface area contributed by atoms with E-state index < -0.39 is 0 Å². The van der Waals surface area contributed by atoms with Gasteiger partial charge in [0.15, 0.2) is 5.65 Å².